The first-order valence-electron chi connectivity index (χ1n) is 8.81. The summed E-state index contributed by atoms with van der Waals surface area (Å²) in [4.78, 5) is 8.09. The molecule has 142 valence electrons. The number of alkyl halides is 3. The van der Waals surface area contributed by atoms with E-state index in [0.717, 1.165) is 31.9 Å². The number of aromatic amines is 1. The number of H-pyrrole nitrogens is 1. The van der Waals surface area contributed by atoms with Crippen molar-refractivity contribution in [3.05, 3.63) is 36.0 Å². The lowest BCUT2D eigenvalue weighted by atomic mass is 9.92. The molecule has 9 heteroatoms. The lowest BCUT2D eigenvalue weighted by Crippen LogP contribution is -2.33. The number of fused-ring (bicyclic) bond motifs is 1. The van der Waals surface area contributed by atoms with Gasteiger partial charge in [0.05, 0.1) is 5.52 Å². The van der Waals surface area contributed by atoms with E-state index < -0.39 is 11.7 Å². The second-order valence-corrected chi connectivity index (χ2v) is 6.83. The summed E-state index contributed by atoms with van der Waals surface area (Å²) in [7, 11) is 0. The molecule has 0 bridgehead atoms. The van der Waals surface area contributed by atoms with Crippen molar-refractivity contribution in [1.29, 1.82) is 0 Å². The molecule has 6 nitrogen and oxygen atoms in total. The summed E-state index contributed by atoms with van der Waals surface area (Å²) in [6.07, 6.45) is -0.336. The standard InChI is InChI=1S/C18H19F3N6/c19-18(20,21)13-9-23-17(24-11-7-5-10(22)6-8-11)25-16(13)15-12-3-1-2-4-14(12)26-27-15/h1-4,9-11H,5-8,22H2,(H,26,27)(H,23,24,25). The monoisotopic (exact) mass is 376 g/mol. The van der Waals surface area contributed by atoms with Crippen LogP contribution in [0.15, 0.2) is 30.5 Å². The molecule has 1 aliphatic rings. The lowest BCUT2D eigenvalue weighted by Gasteiger charge is -2.27. The van der Waals surface area contributed by atoms with Crippen LogP contribution in [-0.4, -0.2) is 32.2 Å². The predicted molar refractivity (Wildman–Crippen MR) is 96.0 cm³/mol. The van der Waals surface area contributed by atoms with Crippen molar-refractivity contribution in [2.45, 2.75) is 43.9 Å². The predicted octanol–water partition coefficient (Wildman–Crippen LogP) is 3.72. The Morgan fingerprint density at radius 3 is 2.56 bits per heavy atom. The summed E-state index contributed by atoms with van der Waals surface area (Å²) in [5, 5.41) is 10.6. The fourth-order valence-corrected chi connectivity index (χ4v) is 3.43. The maximum atomic E-state index is 13.5. The van der Waals surface area contributed by atoms with Crippen molar-refractivity contribution in [3.8, 4) is 11.4 Å². The number of nitrogens with one attached hydrogen (secondary N) is 2. The highest BCUT2D eigenvalue weighted by Gasteiger charge is 2.36. The average Bonchev–Trinajstić information content (AvgIpc) is 3.07. The van der Waals surface area contributed by atoms with Gasteiger partial charge in [-0.15, -0.1) is 0 Å². The van der Waals surface area contributed by atoms with Gasteiger partial charge in [-0.05, 0) is 31.7 Å². The molecule has 2 aromatic heterocycles. The number of rotatable bonds is 3. The third kappa shape index (κ3) is 3.59. The molecule has 1 saturated carbocycles. The minimum Gasteiger partial charge on any atom is -0.351 e. The number of halogens is 3. The van der Waals surface area contributed by atoms with E-state index in [1.807, 2.05) is 0 Å². The van der Waals surface area contributed by atoms with Gasteiger partial charge in [0.25, 0.3) is 0 Å². The Morgan fingerprint density at radius 2 is 1.81 bits per heavy atom. The molecule has 1 fully saturated rings. The van der Waals surface area contributed by atoms with Crippen LogP contribution in [0.5, 0.6) is 0 Å². The highest BCUT2D eigenvalue weighted by atomic mass is 19.4. The minimum atomic E-state index is -4.58. The smallest absolute Gasteiger partial charge is 0.351 e. The zero-order chi connectivity index (χ0) is 19.0. The zero-order valence-electron chi connectivity index (χ0n) is 14.4. The van der Waals surface area contributed by atoms with Crippen LogP contribution >= 0.6 is 0 Å². The maximum Gasteiger partial charge on any atom is 0.420 e. The fourth-order valence-electron chi connectivity index (χ4n) is 3.43. The van der Waals surface area contributed by atoms with E-state index in [9.17, 15) is 13.2 Å². The maximum absolute atomic E-state index is 13.5. The third-order valence-corrected chi connectivity index (χ3v) is 4.89. The first-order chi connectivity index (χ1) is 12.9. The van der Waals surface area contributed by atoms with Crippen LogP contribution in [0.2, 0.25) is 0 Å². The highest BCUT2D eigenvalue weighted by Crippen LogP contribution is 2.37. The van der Waals surface area contributed by atoms with Gasteiger partial charge in [0.2, 0.25) is 5.95 Å². The van der Waals surface area contributed by atoms with E-state index in [4.69, 9.17) is 5.73 Å². The molecule has 0 spiro atoms. The first-order valence-corrected chi connectivity index (χ1v) is 8.81. The fraction of sp³-hybridized carbons (Fsp3) is 0.389. The van der Waals surface area contributed by atoms with Crippen LogP contribution in [0.1, 0.15) is 31.2 Å². The Morgan fingerprint density at radius 1 is 1.07 bits per heavy atom. The van der Waals surface area contributed by atoms with Crippen molar-refractivity contribution in [2.75, 3.05) is 5.32 Å². The van der Waals surface area contributed by atoms with E-state index in [1.165, 1.54) is 0 Å². The Kier molecular flexibility index (Phi) is 4.47. The van der Waals surface area contributed by atoms with E-state index in [1.54, 1.807) is 24.3 Å². The average molecular weight is 376 g/mol. The van der Waals surface area contributed by atoms with Crippen LogP contribution in [0.3, 0.4) is 0 Å². The highest BCUT2D eigenvalue weighted by molar-refractivity contribution is 5.92. The molecule has 3 aromatic rings. The lowest BCUT2D eigenvalue weighted by molar-refractivity contribution is -0.137. The van der Waals surface area contributed by atoms with Gasteiger partial charge < -0.3 is 11.1 Å². The van der Waals surface area contributed by atoms with Crippen LogP contribution < -0.4 is 11.1 Å². The van der Waals surface area contributed by atoms with Crippen LogP contribution in [-0.2, 0) is 6.18 Å². The number of benzene rings is 1. The second-order valence-electron chi connectivity index (χ2n) is 6.83. The number of nitrogens with two attached hydrogens (primary N) is 1. The molecule has 4 N–H and O–H groups in total. The number of aromatic nitrogens is 4. The number of hydrogen-bond acceptors (Lipinski definition) is 5. The molecule has 0 saturated heterocycles. The molecule has 0 radical (unpaired) electrons. The quantitative estimate of drug-likeness (QED) is 0.648. The molecular formula is C18H19F3N6. The van der Waals surface area contributed by atoms with Gasteiger partial charge in [0, 0.05) is 23.7 Å². The van der Waals surface area contributed by atoms with Crippen molar-refractivity contribution in [2.24, 2.45) is 5.73 Å². The summed E-state index contributed by atoms with van der Waals surface area (Å²) in [6.45, 7) is 0. The summed E-state index contributed by atoms with van der Waals surface area (Å²) >= 11 is 0. The molecule has 1 aliphatic carbocycles. The molecule has 4 rings (SSSR count). The molecule has 0 atom stereocenters. The van der Waals surface area contributed by atoms with Crippen molar-refractivity contribution < 1.29 is 13.2 Å². The minimum absolute atomic E-state index is 0.102. The number of anilines is 1. The van der Waals surface area contributed by atoms with Gasteiger partial charge >= 0.3 is 6.18 Å². The third-order valence-electron chi connectivity index (χ3n) is 4.89. The largest absolute Gasteiger partial charge is 0.420 e. The molecule has 2 heterocycles. The molecule has 0 unspecified atom stereocenters. The van der Waals surface area contributed by atoms with Gasteiger partial charge in [-0.1, -0.05) is 18.2 Å². The first kappa shape index (κ1) is 17.7. The van der Waals surface area contributed by atoms with Gasteiger partial charge in [-0.25, -0.2) is 9.97 Å². The van der Waals surface area contributed by atoms with E-state index in [-0.39, 0.29) is 29.4 Å². The molecule has 1 aromatic carbocycles. The van der Waals surface area contributed by atoms with Gasteiger partial charge in [0.1, 0.15) is 17.0 Å². The Bertz CT molecular complexity index is 944. The normalized spacial score (nSPS) is 20.7. The molecule has 0 amide bonds. The van der Waals surface area contributed by atoms with Crippen LogP contribution in [0, 0.1) is 0 Å². The van der Waals surface area contributed by atoms with Crippen molar-refractivity contribution in [3.63, 3.8) is 0 Å². The Hall–Kier alpha value is -2.68. The molecular weight excluding hydrogens is 357 g/mol. The summed E-state index contributed by atoms with van der Waals surface area (Å²) in [5.74, 6) is 0.172. The summed E-state index contributed by atoms with van der Waals surface area (Å²) < 4.78 is 40.6. The van der Waals surface area contributed by atoms with Gasteiger partial charge in [-0.3, -0.25) is 5.10 Å². The number of hydrogen-bond donors (Lipinski definition) is 3. The van der Waals surface area contributed by atoms with E-state index in [0.29, 0.717) is 10.9 Å². The van der Waals surface area contributed by atoms with Crippen LogP contribution in [0.25, 0.3) is 22.3 Å². The summed E-state index contributed by atoms with van der Waals surface area (Å²) in [6, 6.07) is 7.29. The van der Waals surface area contributed by atoms with Crippen molar-refractivity contribution >= 4 is 16.9 Å². The van der Waals surface area contributed by atoms with E-state index in [2.05, 4.69) is 25.5 Å². The molecule has 27 heavy (non-hydrogen) atoms. The van der Waals surface area contributed by atoms with Gasteiger partial charge in [-0.2, -0.15) is 18.3 Å². The number of nitrogens with zero attached hydrogens (tertiary/aromatic N) is 3. The SMILES string of the molecule is NC1CCC(Nc2ncc(C(F)(F)F)c(-c3n[nH]c4ccccc34)n2)CC1. The van der Waals surface area contributed by atoms with Crippen LogP contribution in [0.4, 0.5) is 19.1 Å². The molecule has 0 aliphatic heterocycles. The number of para-hydroxylation sites is 1. The Balaban J connectivity index is 1.74. The Labute approximate surface area is 153 Å². The topological polar surface area (TPSA) is 92.5 Å². The zero-order valence-corrected chi connectivity index (χ0v) is 14.4. The van der Waals surface area contributed by atoms with Gasteiger partial charge in [0.15, 0.2) is 0 Å². The van der Waals surface area contributed by atoms with Crippen molar-refractivity contribution in [1.82, 2.24) is 20.2 Å². The second kappa shape index (κ2) is 6.80. The summed E-state index contributed by atoms with van der Waals surface area (Å²) in [5.41, 5.74) is 5.57. The van der Waals surface area contributed by atoms with E-state index >= 15 is 0 Å².